The molecule has 7 heteroatoms. The van der Waals surface area contributed by atoms with Gasteiger partial charge in [0.05, 0.1) is 5.56 Å². The Morgan fingerprint density at radius 1 is 0.906 bits per heavy atom. The van der Waals surface area contributed by atoms with Crippen LogP contribution in [0.4, 0.5) is 5.69 Å². The summed E-state index contributed by atoms with van der Waals surface area (Å²) in [5.74, 6) is -2.14. The van der Waals surface area contributed by atoms with E-state index in [-0.39, 0.29) is 17.7 Å². The summed E-state index contributed by atoms with van der Waals surface area (Å²) in [5.41, 5.74) is 1.84. The van der Waals surface area contributed by atoms with Gasteiger partial charge in [0.1, 0.15) is 5.71 Å². The van der Waals surface area contributed by atoms with Crippen LogP contribution in [-0.4, -0.2) is 28.6 Å². The number of amides is 2. The summed E-state index contributed by atoms with van der Waals surface area (Å²) in [6.45, 7) is 0. The average molecular weight is 491 g/mol. The van der Waals surface area contributed by atoms with Crippen molar-refractivity contribution in [2.45, 2.75) is 6.42 Å². The number of anilines is 1. The Labute approximate surface area is 193 Å². The van der Waals surface area contributed by atoms with Gasteiger partial charge in [0.25, 0.3) is 11.8 Å². The molecule has 0 fully saturated rings. The Balaban J connectivity index is 1.82. The molecule has 0 bridgehead atoms. The number of rotatable bonds is 7. The molecule has 6 nitrogen and oxygen atoms in total. The maximum absolute atomic E-state index is 12.9. The summed E-state index contributed by atoms with van der Waals surface area (Å²) < 4.78 is 0.729. The Morgan fingerprint density at radius 3 is 2.28 bits per heavy atom. The van der Waals surface area contributed by atoms with Crippen molar-refractivity contribution in [3.05, 3.63) is 106 Å². The largest absolute Gasteiger partial charge is 0.478 e. The zero-order valence-electron chi connectivity index (χ0n) is 16.9. The number of nitrogens with zero attached hydrogens (tertiary/aromatic N) is 1. The van der Waals surface area contributed by atoms with Gasteiger partial charge >= 0.3 is 5.97 Å². The number of allylic oxidation sites excluding steroid dienone is 1. The molecule has 0 saturated heterocycles. The van der Waals surface area contributed by atoms with Gasteiger partial charge in [-0.05, 0) is 48.0 Å². The topological polar surface area (TPSA) is 95.8 Å². The molecule has 3 rings (SSSR count). The number of carboxylic acid groups (broad SMARTS) is 1. The molecule has 0 heterocycles. The monoisotopic (exact) mass is 490 g/mol. The smallest absolute Gasteiger partial charge is 0.335 e. The number of carbonyl (C=O) groups is 3. The number of hydrogen-bond acceptors (Lipinski definition) is 3. The molecule has 0 unspecified atom stereocenters. The summed E-state index contributed by atoms with van der Waals surface area (Å²) in [4.78, 5) is 40.6. The van der Waals surface area contributed by atoms with Crippen molar-refractivity contribution >= 4 is 51.2 Å². The van der Waals surface area contributed by atoms with E-state index in [1.54, 1.807) is 30.3 Å². The van der Waals surface area contributed by atoms with Gasteiger partial charge in [0, 0.05) is 22.1 Å². The van der Waals surface area contributed by atoms with E-state index in [9.17, 15) is 14.4 Å². The molecule has 2 N–H and O–H groups in total. The third-order valence-corrected chi connectivity index (χ3v) is 4.87. The molecule has 0 aliphatic rings. The fourth-order valence-corrected chi connectivity index (χ4v) is 3.17. The highest BCUT2D eigenvalue weighted by atomic mass is 79.9. The van der Waals surface area contributed by atoms with Crippen LogP contribution in [0.15, 0.2) is 94.4 Å². The maximum Gasteiger partial charge on any atom is 0.335 e. The molecule has 0 saturated carbocycles. The van der Waals surface area contributed by atoms with Crippen LogP contribution in [0.1, 0.15) is 32.7 Å². The molecule has 0 radical (unpaired) electrons. The van der Waals surface area contributed by atoms with Crippen molar-refractivity contribution in [1.29, 1.82) is 0 Å². The van der Waals surface area contributed by atoms with Crippen LogP contribution in [-0.2, 0) is 4.79 Å². The Hall–Kier alpha value is -3.84. The molecule has 2 amide bonds. The van der Waals surface area contributed by atoms with E-state index in [4.69, 9.17) is 5.11 Å². The van der Waals surface area contributed by atoms with Gasteiger partial charge in [-0.15, -0.1) is 0 Å². The first-order valence-corrected chi connectivity index (χ1v) is 10.5. The molecule has 0 aromatic heterocycles. The average Bonchev–Trinajstić information content (AvgIpc) is 2.79. The number of aromatic carboxylic acids is 1. The van der Waals surface area contributed by atoms with Crippen LogP contribution in [0.2, 0.25) is 0 Å². The highest BCUT2D eigenvalue weighted by molar-refractivity contribution is 9.10. The minimum absolute atomic E-state index is 0.0319. The van der Waals surface area contributed by atoms with Crippen molar-refractivity contribution in [1.82, 2.24) is 0 Å². The van der Waals surface area contributed by atoms with Crippen LogP contribution >= 0.6 is 15.9 Å². The number of nitrogens with one attached hydrogen (secondary N) is 1. The fourth-order valence-electron chi connectivity index (χ4n) is 2.77. The zero-order chi connectivity index (χ0) is 22.9. The van der Waals surface area contributed by atoms with E-state index in [1.165, 1.54) is 24.3 Å². The lowest BCUT2D eigenvalue weighted by Gasteiger charge is -2.07. The van der Waals surface area contributed by atoms with Gasteiger partial charge in [-0.3, -0.25) is 9.59 Å². The van der Waals surface area contributed by atoms with Gasteiger partial charge in [0.2, 0.25) is 0 Å². The van der Waals surface area contributed by atoms with Crippen LogP contribution in [0.5, 0.6) is 0 Å². The maximum atomic E-state index is 12.9. The van der Waals surface area contributed by atoms with Crippen LogP contribution in [0, 0.1) is 0 Å². The minimum Gasteiger partial charge on any atom is -0.478 e. The second-order valence-electron chi connectivity index (χ2n) is 6.73. The fraction of sp³-hybridized carbons (Fsp3) is 0.0400. The SMILES string of the molecule is O=C(Nc1ccc(C(=O)O)cc1)C(C/C=C/c1ccccc1)=NC(=O)c1cccc(Br)c1. The molecule has 160 valence electrons. The van der Waals surface area contributed by atoms with Gasteiger partial charge in [-0.1, -0.05) is 64.5 Å². The third-order valence-electron chi connectivity index (χ3n) is 4.38. The number of halogens is 1. The third kappa shape index (κ3) is 6.58. The number of carbonyl (C=O) groups excluding carboxylic acids is 2. The molecule has 0 aliphatic carbocycles. The van der Waals surface area contributed by atoms with Crippen molar-refractivity contribution in [2.75, 3.05) is 5.32 Å². The molecular formula is C25H19BrN2O4. The highest BCUT2D eigenvalue weighted by Crippen LogP contribution is 2.14. The predicted octanol–water partition coefficient (Wildman–Crippen LogP) is 5.47. The van der Waals surface area contributed by atoms with Crippen LogP contribution < -0.4 is 5.32 Å². The molecule has 32 heavy (non-hydrogen) atoms. The molecule has 0 spiro atoms. The predicted molar refractivity (Wildman–Crippen MR) is 128 cm³/mol. The van der Waals surface area contributed by atoms with E-state index in [0.29, 0.717) is 11.3 Å². The summed E-state index contributed by atoms with van der Waals surface area (Å²) in [7, 11) is 0. The van der Waals surface area contributed by atoms with Gasteiger partial charge in [-0.25, -0.2) is 9.79 Å². The zero-order valence-corrected chi connectivity index (χ0v) is 18.5. The summed E-state index contributed by atoms with van der Waals surface area (Å²) in [5, 5.41) is 11.7. The quantitative estimate of drug-likeness (QED) is 0.429. The summed E-state index contributed by atoms with van der Waals surface area (Å²) in [6.07, 6.45) is 3.73. The lowest BCUT2D eigenvalue weighted by Crippen LogP contribution is -2.23. The molecular weight excluding hydrogens is 472 g/mol. The highest BCUT2D eigenvalue weighted by Gasteiger charge is 2.15. The normalized spacial score (nSPS) is 11.3. The molecule has 3 aromatic rings. The van der Waals surface area contributed by atoms with Crippen molar-refractivity contribution in [3.8, 4) is 0 Å². The first kappa shape index (κ1) is 22.8. The number of hydrogen-bond donors (Lipinski definition) is 2. The standard InChI is InChI=1S/C25H19BrN2O4/c26-20-10-5-9-19(16-20)23(29)28-22(11-4-8-17-6-2-1-3-7-17)24(30)27-21-14-12-18(13-15-21)25(31)32/h1-10,12-16H,11H2,(H,27,30)(H,31,32)/b8-4+,28-22?. The molecule has 0 aliphatic heterocycles. The first-order chi connectivity index (χ1) is 15.4. The van der Waals surface area contributed by atoms with Crippen molar-refractivity contribution in [3.63, 3.8) is 0 Å². The molecule has 3 aromatic carbocycles. The Kier molecular flexibility index (Phi) is 7.83. The van der Waals surface area contributed by atoms with Gasteiger partial charge in [0.15, 0.2) is 0 Å². The van der Waals surface area contributed by atoms with Crippen LogP contribution in [0.25, 0.3) is 6.08 Å². The number of aliphatic imine (C=N–C) groups is 1. The lowest BCUT2D eigenvalue weighted by molar-refractivity contribution is -0.110. The van der Waals surface area contributed by atoms with Crippen LogP contribution in [0.3, 0.4) is 0 Å². The summed E-state index contributed by atoms with van der Waals surface area (Å²) >= 11 is 3.32. The summed E-state index contributed by atoms with van der Waals surface area (Å²) in [6, 6.07) is 22.0. The van der Waals surface area contributed by atoms with E-state index >= 15 is 0 Å². The molecule has 0 atom stereocenters. The van der Waals surface area contributed by atoms with Crippen molar-refractivity contribution in [2.24, 2.45) is 4.99 Å². The number of carboxylic acids is 1. The minimum atomic E-state index is -1.06. The van der Waals surface area contributed by atoms with Gasteiger partial charge < -0.3 is 10.4 Å². The second-order valence-corrected chi connectivity index (χ2v) is 7.64. The Morgan fingerprint density at radius 2 is 1.62 bits per heavy atom. The number of benzene rings is 3. The van der Waals surface area contributed by atoms with Crippen molar-refractivity contribution < 1.29 is 19.5 Å². The first-order valence-electron chi connectivity index (χ1n) is 9.66. The van der Waals surface area contributed by atoms with E-state index in [2.05, 4.69) is 26.2 Å². The van der Waals surface area contributed by atoms with Gasteiger partial charge in [-0.2, -0.15) is 0 Å². The Bertz CT molecular complexity index is 1190. The van der Waals surface area contributed by atoms with E-state index in [1.807, 2.05) is 36.4 Å². The lowest BCUT2D eigenvalue weighted by atomic mass is 10.1. The van der Waals surface area contributed by atoms with E-state index in [0.717, 1.165) is 10.0 Å². The van der Waals surface area contributed by atoms with E-state index < -0.39 is 17.8 Å². The second kappa shape index (κ2) is 11.0.